The van der Waals surface area contributed by atoms with Crippen LogP contribution in [-0.4, -0.2) is 39.0 Å². The maximum Gasteiger partial charge on any atom is 0.354 e. The summed E-state index contributed by atoms with van der Waals surface area (Å²) in [6.07, 6.45) is 4.63. The zero-order valence-electron chi connectivity index (χ0n) is 11.4. The van der Waals surface area contributed by atoms with Crippen LogP contribution in [0.25, 0.3) is 0 Å². The largest absolute Gasteiger partial charge is 0.477 e. The number of carbonyl (C=O) groups excluding carboxylic acids is 1. The molecule has 2 aromatic rings. The number of aromatic carboxylic acids is 1. The predicted octanol–water partition coefficient (Wildman–Crippen LogP) is 1.84. The van der Waals surface area contributed by atoms with Gasteiger partial charge < -0.3 is 15.3 Å². The Bertz CT molecular complexity index is 628. The first kappa shape index (κ1) is 14.4. The molecular formula is C14H14N4O3. The number of carboxylic acid groups (broad SMARTS) is 1. The van der Waals surface area contributed by atoms with E-state index in [9.17, 15) is 9.59 Å². The molecule has 0 saturated carbocycles. The average molecular weight is 286 g/mol. The Morgan fingerprint density at radius 2 is 1.95 bits per heavy atom. The quantitative estimate of drug-likeness (QED) is 0.894. The highest BCUT2D eigenvalue weighted by Crippen LogP contribution is 2.08. The third-order valence-electron chi connectivity index (χ3n) is 2.75. The number of hydrogen-bond donors (Lipinski definition) is 2. The second kappa shape index (κ2) is 6.47. The van der Waals surface area contributed by atoms with Crippen molar-refractivity contribution < 1.29 is 14.7 Å². The summed E-state index contributed by atoms with van der Waals surface area (Å²) in [5, 5.41) is 11.4. The van der Waals surface area contributed by atoms with Crippen LogP contribution in [-0.2, 0) is 6.54 Å². The van der Waals surface area contributed by atoms with Crippen molar-refractivity contribution in [3.63, 3.8) is 0 Å². The van der Waals surface area contributed by atoms with Crippen LogP contribution in [0, 0.1) is 0 Å². The van der Waals surface area contributed by atoms with E-state index in [1.807, 2.05) is 12.1 Å². The van der Waals surface area contributed by atoms with Crippen molar-refractivity contribution in [2.24, 2.45) is 0 Å². The van der Waals surface area contributed by atoms with Crippen LogP contribution in [0.4, 0.5) is 10.5 Å². The van der Waals surface area contributed by atoms with Gasteiger partial charge in [0.1, 0.15) is 5.69 Å². The Morgan fingerprint density at radius 3 is 2.52 bits per heavy atom. The molecule has 0 aromatic carbocycles. The van der Waals surface area contributed by atoms with Crippen LogP contribution in [0.1, 0.15) is 16.1 Å². The lowest BCUT2D eigenvalue weighted by Gasteiger charge is -2.17. The number of amides is 2. The Hall–Kier alpha value is -2.96. The lowest BCUT2D eigenvalue weighted by molar-refractivity contribution is 0.0690. The summed E-state index contributed by atoms with van der Waals surface area (Å²) in [5.41, 5.74) is 1.33. The van der Waals surface area contributed by atoms with Gasteiger partial charge in [-0.1, -0.05) is 0 Å². The smallest absolute Gasteiger partial charge is 0.354 e. The minimum absolute atomic E-state index is 0.0712. The molecule has 0 fully saturated rings. The minimum atomic E-state index is -1.11. The number of carboxylic acids is 1. The highest BCUT2D eigenvalue weighted by atomic mass is 16.4. The zero-order valence-corrected chi connectivity index (χ0v) is 11.4. The van der Waals surface area contributed by atoms with Gasteiger partial charge in [-0.25, -0.2) is 14.6 Å². The first-order valence-corrected chi connectivity index (χ1v) is 6.16. The van der Waals surface area contributed by atoms with Crippen LogP contribution in [0.5, 0.6) is 0 Å². The van der Waals surface area contributed by atoms with Crippen LogP contribution in [0.2, 0.25) is 0 Å². The van der Waals surface area contributed by atoms with E-state index in [0.29, 0.717) is 12.2 Å². The molecule has 21 heavy (non-hydrogen) atoms. The van der Waals surface area contributed by atoms with Gasteiger partial charge in [0.15, 0.2) is 0 Å². The summed E-state index contributed by atoms with van der Waals surface area (Å²) < 4.78 is 0. The van der Waals surface area contributed by atoms with Gasteiger partial charge in [-0.2, -0.15) is 0 Å². The van der Waals surface area contributed by atoms with Gasteiger partial charge in [0.2, 0.25) is 0 Å². The number of rotatable bonds is 4. The topological polar surface area (TPSA) is 95.4 Å². The van der Waals surface area contributed by atoms with Gasteiger partial charge in [0.05, 0.1) is 11.9 Å². The van der Waals surface area contributed by atoms with Gasteiger partial charge in [-0.3, -0.25) is 4.98 Å². The Kier molecular flexibility index (Phi) is 4.45. The van der Waals surface area contributed by atoms with Crippen LogP contribution < -0.4 is 5.32 Å². The molecule has 0 unspecified atom stereocenters. The van der Waals surface area contributed by atoms with Gasteiger partial charge in [0, 0.05) is 26.0 Å². The van der Waals surface area contributed by atoms with Crippen LogP contribution in [0.3, 0.4) is 0 Å². The predicted molar refractivity (Wildman–Crippen MR) is 75.9 cm³/mol. The molecular weight excluding hydrogens is 272 g/mol. The molecule has 0 aliphatic rings. The number of nitrogens with one attached hydrogen (secondary N) is 1. The van der Waals surface area contributed by atoms with E-state index in [-0.39, 0.29) is 11.7 Å². The summed E-state index contributed by atoms with van der Waals surface area (Å²) in [7, 11) is 1.66. The molecule has 0 radical (unpaired) electrons. The number of pyridine rings is 2. The SMILES string of the molecule is CN(Cc1ccncc1)C(=O)Nc1ccc(C(=O)O)nc1. The summed E-state index contributed by atoms with van der Waals surface area (Å²) >= 11 is 0. The molecule has 0 atom stereocenters. The number of urea groups is 1. The van der Waals surface area contributed by atoms with Crippen LogP contribution in [0.15, 0.2) is 42.9 Å². The molecule has 0 spiro atoms. The molecule has 7 nitrogen and oxygen atoms in total. The fourth-order valence-corrected chi connectivity index (χ4v) is 1.65. The number of hydrogen-bond acceptors (Lipinski definition) is 4. The number of carbonyl (C=O) groups is 2. The Labute approximate surface area is 121 Å². The monoisotopic (exact) mass is 286 g/mol. The van der Waals surface area contributed by atoms with E-state index in [0.717, 1.165) is 5.56 Å². The third-order valence-corrected chi connectivity index (χ3v) is 2.75. The van der Waals surface area contributed by atoms with Crippen molar-refractivity contribution in [1.29, 1.82) is 0 Å². The molecule has 2 rings (SSSR count). The van der Waals surface area contributed by atoms with E-state index >= 15 is 0 Å². The third kappa shape index (κ3) is 4.00. The number of aromatic nitrogens is 2. The van der Waals surface area contributed by atoms with E-state index in [1.165, 1.54) is 23.2 Å². The van der Waals surface area contributed by atoms with Crippen molar-refractivity contribution >= 4 is 17.7 Å². The summed E-state index contributed by atoms with van der Waals surface area (Å²) in [6.45, 7) is 0.439. The molecule has 108 valence electrons. The molecule has 0 aliphatic carbocycles. The summed E-state index contributed by atoms with van der Waals surface area (Å²) in [5.74, 6) is -1.11. The molecule has 0 bridgehead atoms. The van der Waals surface area contributed by atoms with Crippen molar-refractivity contribution in [2.75, 3.05) is 12.4 Å². The van der Waals surface area contributed by atoms with Gasteiger partial charge in [-0.15, -0.1) is 0 Å². The van der Waals surface area contributed by atoms with E-state index in [4.69, 9.17) is 5.11 Å². The molecule has 0 aliphatic heterocycles. The highest BCUT2D eigenvalue weighted by molar-refractivity contribution is 5.90. The zero-order chi connectivity index (χ0) is 15.2. The normalized spacial score (nSPS) is 9.95. The number of anilines is 1. The van der Waals surface area contributed by atoms with Gasteiger partial charge in [0.25, 0.3) is 0 Å². The second-order valence-corrected chi connectivity index (χ2v) is 4.38. The van der Waals surface area contributed by atoms with Crippen LogP contribution >= 0.6 is 0 Å². The van der Waals surface area contributed by atoms with Crippen molar-refractivity contribution in [2.45, 2.75) is 6.54 Å². The molecule has 2 aromatic heterocycles. The first-order valence-electron chi connectivity index (χ1n) is 6.16. The van der Waals surface area contributed by atoms with Gasteiger partial charge in [-0.05, 0) is 29.8 Å². The van der Waals surface area contributed by atoms with Gasteiger partial charge >= 0.3 is 12.0 Å². The number of nitrogens with zero attached hydrogens (tertiary/aromatic N) is 3. The maximum atomic E-state index is 12.0. The fourth-order valence-electron chi connectivity index (χ4n) is 1.65. The molecule has 2 amide bonds. The summed E-state index contributed by atoms with van der Waals surface area (Å²) in [4.78, 5) is 31.8. The molecule has 7 heteroatoms. The van der Waals surface area contributed by atoms with E-state index in [1.54, 1.807) is 19.4 Å². The fraction of sp³-hybridized carbons (Fsp3) is 0.143. The minimum Gasteiger partial charge on any atom is -0.477 e. The van der Waals surface area contributed by atoms with E-state index < -0.39 is 5.97 Å². The Balaban J connectivity index is 1.95. The van der Waals surface area contributed by atoms with E-state index in [2.05, 4.69) is 15.3 Å². The lowest BCUT2D eigenvalue weighted by atomic mass is 10.2. The molecule has 0 saturated heterocycles. The molecule has 2 heterocycles. The second-order valence-electron chi connectivity index (χ2n) is 4.38. The maximum absolute atomic E-state index is 12.0. The first-order chi connectivity index (χ1) is 10.1. The van der Waals surface area contributed by atoms with Crippen molar-refractivity contribution in [1.82, 2.24) is 14.9 Å². The molecule has 2 N–H and O–H groups in total. The lowest BCUT2D eigenvalue weighted by Crippen LogP contribution is -2.30. The average Bonchev–Trinajstić information content (AvgIpc) is 2.48. The van der Waals surface area contributed by atoms with Crippen molar-refractivity contribution in [3.8, 4) is 0 Å². The standard InChI is InChI=1S/C14H14N4O3/c1-18(9-10-4-6-15-7-5-10)14(21)17-11-2-3-12(13(19)20)16-8-11/h2-8H,9H2,1H3,(H,17,21)(H,19,20). The highest BCUT2D eigenvalue weighted by Gasteiger charge is 2.10. The van der Waals surface area contributed by atoms with Crippen molar-refractivity contribution in [3.05, 3.63) is 54.1 Å². The Morgan fingerprint density at radius 1 is 1.24 bits per heavy atom. The summed E-state index contributed by atoms with van der Waals surface area (Å²) in [6, 6.07) is 6.17.